The van der Waals surface area contributed by atoms with Crippen molar-refractivity contribution in [2.75, 3.05) is 18.1 Å². The van der Waals surface area contributed by atoms with E-state index >= 15 is 0 Å². The van der Waals surface area contributed by atoms with E-state index in [0.717, 1.165) is 12.2 Å². The first-order valence-corrected chi connectivity index (χ1v) is 6.38. The van der Waals surface area contributed by atoms with Crippen molar-refractivity contribution in [3.8, 4) is 0 Å². The average Bonchev–Trinajstić information content (AvgIpc) is 2.21. The van der Waals surface area contributed by atoms with E-state index in [1.165, 1.54) is 6.42 Å². The third-order valence-electron chi connectivity index (χ3n) is 1.88. The normalized spacial score (nSPS) is 12.5. The number of carbonyl (C=O) groups is 1. The maximum Gasteiger partial charge on any atom is 0.230 e. The van der Waals surface area contributed by atoms with E-state index in [1.807, 2.05) is 6.92 Å². The van der Waals surface area contributed by atoms with Crippen LogP contribution in [-0.4, -0.2) is 35.2 Å². The van der Waals surface area contributed by atoms with E-state index in [-0.39, 0.29) is 5.91 Å². The van der Waals surface area contributed by atoms with Gasteiger partial charge in [-0.15, -0.1) is 0 Å². The summed E-state index contributed by atoms with van der Waals surface area (Å²) in [5, 5.41) is 11.9. The van der Waals surface area contributed by atoms with Gasteiger partial charge in [-0.1, -0.05) is 20.3 Å². The first kappa shape index (κ1) is 13.8. The number of nitrogens with one attached hydrogen (secondary N) is 1. The fourth-order valence-corrected chi connectivity index (χ4v) is 1.76. The molecule has 84 valence electrons. The summed E-state index contributed by atoms with van der Waals surface area (Å²) in [4.78, 5) is 11.2. The minimum atomic E-state index is -0.403. The van der Waals surface area contributed by atoms with Crippen molar-refractivity contribution >= 4 is 17.7 Å². The van der Waals surface area contributed by atoms with Crippen molar-refractivity contribution in [2.45, 2.75) is 39.2 Å². The van der Waals surface area contributed by atoms with E-state index in [0.29, 0.717) is 18.7 Å². The van der Waals surface area contributed by atoms with Crippen molar-refractivity contribution in [2.24, 2.45) is 0 Å². The molecule has 0 radical (unpaired) electrons. The summed E-state index contributed by atoms with van der Waals surface area (Å²) in [5.41, 5.74) is 0. The van der Waals surface area contributed by atoms with Crippen LogP contribution in [0.5, 0.6) is 0 Å². The molecule has 0 aromatic rings. The Labute approximate surface area is 90.7 Å². The number of aliphatic hydroxyl groups excluding tert-OH is 1. The lowest BCUT2D eigenvalue weighted by atomic mass is 10.3. The molecule has 0 spiro atoms. The van der Waals surface area contributed by atoms with Crippen LogP contribution in [0.25, 0.3) is 0 Å². The summed E-state index contributed by atoms with van der Waals surface area (Å²) in [6, 6.07) is 0. The molecule has 0 fully saturated rings. The van der Waals surface area contributed by atoms with Gasteiger partial charge in [-0.3, -0.25) is 4.79 Å². The number of rotatable bonds is 8. The first-order chi connectivity index (χ1) is 6.70. The Hall–Kier alpha value is -0.220. The van der Waals surface area contributed by atoms with E-state index in [2.05, 4.69) is 12.2 Å². The Morgan fingerprint density at radius 1 is 1.50 bits per heavy atom. The lowest BCUT2D eigenvalue weighted by Crippen LogP contribution is -2.32. The van der Waals surface area contributed by atoms with Gasteiger partial charge >= 0.3 is 0 Å². The molecule has 0 heterocycles. The predicted molar refractivity (Wildman–Crippen MR) is 61.5 cm³/mol. The van der Waals surface area contributed by atoms with Crippen LogP contribution in [0.4, 0.5) is 0 Å². The van der Waals surface area contributed by atoms with Gasteiger partial charge < -0.3 is 10.4 Å². The van der Waals surface area contributed by atoms with Gasteiger partial charge in [0.1, 0.15) is 0 Å². The molecule has 0 aromatic heterocycles. The SMILES string of the molecule is CCCCSCC(=O)NCC(O)CC. The summed E-state index contributed by atoms with van der Waals surface area (Å²) < 4.78 is 0. The monoisotopic (exact) mass is 219 g/mol. The second-order valence-electron chi connectivity index (χ2n) is 3.27. The fraction of sp³-hybridized carbons (Fsp3) is 0.900. The molecule has 3 nitrogen and oxygen atoms in total. The summed E-state index contributed by atoms with van der Waals surface area (Å²) in [6.45, 7) is 4.41. The van der Waals surface area contributed by atoms with Crippen LogP contribution in [0.1, 0.15) is 33.1 Å². The molecule has 0 saturated heterocycles. The fourth-order valence-electron chi connectivity index (χ4n) is 0.838. The van der Waals surface area contributed by atoms with Crippen LogP contribution in [0.3, 0.4) is 0 Å². The highest BCUT2D eigenvalue weighted by Crippen LogP contribution is 2.03. The molecule has 14 heavy (non-hydrogen) atoms. The molecular weight excluding hydrogens is 198 g/mol. The zero-order chi connectivity index (χ0) is 10.8. The zero-order valence-corrected chi connectivity index (χ0v) is 9.90. The van der Waals surface area contributed by atoms with Crippen LogP contribution >= 0.6 is 11.8 Å². The van der Waals surface area contributed by atoms with Gasteiger partial charge in [-0.2, -0.15) is 11.8 Å². The van der Waals surface area contributed by atoms with Gasteiger partial charge in [0.2, 0.25) is 5.91 Å². The van der Waals surface area contributed by atoms with Crippen LogP contribution in [0.2, 0.25) is 0 Å². The standard InChI is InChI=1S/C10H21NO2S/c1-3-5-6-14-8-10(13)11-7-9(12)4-2/h9,12H,3-8H2,1-2H3,(H,11,13). The quantitative estimate of drug-likeness (QED) is 0.607. The molecule has 0 aromatic carbocycles. The maximum absolute atomic E-state index is 11.2. The Kier molecular flexibility index (Phi) is 9.19. The first-order valence-electron chi connectivity index (χ1n) is 5.23. The van der Waals surface area contributed by atoms with Crippen molar-refractivity contribution in [1.82, 2.24) is 5.32 Å². The number of hydrogen-bond donors (Lipinski definition) is 2. The molecular formula is C10H21NO2S. The van der Waals surface area contributed by atoms with Crippen molar-refractivity contribution in [1.29, 1.82) is 0 Å². The lowest BCUT2D eigenvalue weighted by Gasteiger charge is -2.08. The van der Waals surface area contributed by atoms with Gasteiger partial charge in [0, 0.05) is 6.54 Å². The molecule has 0 bridgehead atoms. The van der Waals surface area contributed by atoms with Gasteiger partial charge in [0.25, 0.3) is 0 Å². The maximum atomic E-state index is 11.2. The molecule has 0 rings (SSSR count). The van der Waals surface area contributed by atoms with Gasteiger partial charge in [0.05, 0.1) is 11.9 Å². The van der Waals surface area contributed by atoms with Crippen LogP contribution in [0, 0.1) is 0 Å². The smallest absolute Gasteiger partial charge is 0.230 e. The highest BCUT2D eigenvalue weighted by molar-refractivity contribution is 7.99. The van der Waals surface area contributed by atoms with E-state index in [4.69, 9.17) is 0 Å². The minimum Gasteiger partial charge on any atom is -0.391 e. The highest BCUT2D eigenvalue weighted by atomic mass is 32.2. The van der Waals surface area contributed by atoms with Gasteiger partial charge in [-0.05, 0) is 18.6 Å². The number of carbonyl (C=O) groups excluding carboxylic acids is 1. The molecule has 4 heteroatoms. The Balaban J connectivity index is 3.28. The number of thioether (sulfide) groups is 1. The second kappa shape index (κ2) is 9.34. The number of unbranched alkanes of at least 4 members (excludes halogenated alkanes) is 1. The third kappa shape index (κ3) is 8.38. The minimum absolute atomic E-state index is 0.0265. The largest absolute Gasteiger partial charge is 0.391 e. The van der Waals surface area contributed by atoms with E-state index in [9.17, 15) is 9.90 Å². The van der Waals surface area contributed by atoms with E-state index in [1.54, 1.807) is 11.8 Å². The lowest BCUT2D eigenvalue weighted by molar-refractivity contribution is -0.119. The number of aliphatic hydroxyl groups is 1. The summed E-state index contributed by atoms with van der Waals surface area (Å²) in [5.74, 6) is 1.58. The van der Waals surface area contributed by atoms with Crippen LogP contribution < -0.4 is 5.32 Å². The average molecular weight is 219 g/mol. The highest BCUT2D eigenvalue weighted by Gasteiger charge is 2.04. The molecule has 0 aliphatic heterocycles. The zero-order valence-electron chi connectivity index (χ0n) is 9.08. The van der Waals surface area contributed by atoms with Crippen molar-refractivity contribution < 1.29 is 9.90 Å². The third-order valence-corrected chi connectivity index (χ3v) is 2.93. The number of amides is 1. The van der Waals surface area contributed by atoms with Crippen LogP contribution in [0.15, 0.2) is 0 Å². The molecule has 2 N–H and O–H groups in total. The van der Waals surface area contributed by atoms with Crippen molar-refractivity contribution in [3.63, 3.8) is 0 Å². The molecule has 0 aliphatic carbocycles. The van der Waals surface area contributed by atoms with Crippen molar-refractivity contribution in [3.05, 3.63) is 0 Å². The van der Waals surface area contributed by atoms with Crippen LogP contribution in [-0.2, 0) is 4.79 Å². The number of hydrogen-bond acceptors (Lipinski definition) is 3. The Morgan fingerprint density at radius 2 is 2.21 bits per heavy atom. The topological polar surface area (TPSA) is 49.3 Å². The van der Waals surface area contributed by atoms with Gasteiger partial charge in [0.15, 0.2) is 0 Å². The summed E-state index contributed by atoms with van der Waals surface area (Å²) >= 11 is 1.65. The predicted octanol–water partition coefficient (Wildman–Crippen LogP) is 1.41. The molecule has 0 saturated carbocycles. The summed E-state index contributed by atoms with van der Waals surface area (Å²) in [7, 11) is 0. The molecule has 1 atom stereocenters. The molecule has 0 aliphatic rings. The Morgan fingerprint density at radius 3 is 2.79 bits per heavy atom. The molecule has 1 amide bonds. The Bertz CT molecular complexity index is 153. The van der Waals surface area contributed by atoms with Gasteiger partial charge in [-0.25, -0.2) is 0 Å². The second-order valence-corrected chi connectivity index (χ2v) is 4.38. The molecule has 1 unspecified atom stereocenters. The van der Waals surface area contributed by atoms with E-state index < -0.39 is 6.10 Å². The summed E-state index contributed by atoms with van der Waals surface area (Å²) in [6.07, 6.45) is 2.61.